The van der Waals surface area contributed by atoms with E-state index in [1.165, 1.54) is 6.21 Å². The maximum absolute atomic E-state index is 12.2. The van der Waals surface area contributed by atoms with Gasteiger partial charge in [-0.2, -0.15) is 0 Å². The second-order valence-electron chi connectivity index (χ2n) is 5.84. The minimum atomic E-state index is -0.178. The van der Waals surface area contributed by atoms with Gasteiger partial charge in [-0.05, 0) is 44.0 Å². The number of ether oxygens (including phenoxy) is 2. The molecule has 0 N–H and O–H groups in total. The van der Waals surface area contributed by atoms with Crippen molar-refractivity contribution < 1.29 is 43.7 Å². The summed E-state index contributed by atoms with van der Waals surface area (Å²) >= 11 is 0. The van der Waals surface area contributed by atoms with Gasteiger partial charge < -0.3 is 25.2 Å². The second-order valence-corrected chi connectivity index (χ2v) is 5.84. The second kappa shape index (κ2) is 13.7. The van der Waals surface area contributed by atoms with Crippen LogP contribution in [0, 0.1) is 0 Å². The third-order valence-corrected chi connectivity index (χ3v) is 3.69. The smallest absolute Gasteiger partial charge is 2.00 e. The molecule has 0 aliphatic heterocycles. The predicted molar refractivity (Wildman–Crippen MR) is 104 cm³/mol. The van der Waals surface area contributed by atoms with Crippen molar-refractivity contribution in [3.05, 3.63) is 47.5 Å². The molecule has 1 atom stereocenters. The van der Waals surface area contributed by atoms with Crippen LogP contribution < -0.4 is 19.7 Å². The molecular formula is C21H24N2O5V. The number of aliphatic imine (C=N–C) groups is 2. The van der Waals surface area contributed by atoms with Crippen LogP contribution in [0.4, 0.5) is 0 Å². The quantitative estimate of drug-likeness (QED) is 0.562. The molecule has 0 bridgehead atoms. The zero-order valence-electron chi connectivity index (χ0n) is 16.7. The number of para-hydroxylation sites is 2. The molecule has 153 valence electrons. The maximum Gasteiger partial charge on any atom is 4.00 e. The van der Waals surface area contributed by atoms with Crippen LogP contribution in [0.3, 0.4) is 0 Å². The molecular weight excluding hydrogens is 411 g/mol. The van der Waals surface area contributed by atoms with E-state index in [0.29, 0.717) is 42.4 Å². The Labute approximate surface area is 183 Å². The fraction of sp³-hybridized carbons (Fsp3) is 0.333. The van der Waals surface area contributed by atoms with E-state index in [1.54, 1.807) is 42.6 Å². The Morgan fingerprint density at radius 1 is 0.897 bits per heavy atom. The van der Waals surface area contributed by atoms with Gasteiger partial charge in [0.25, 0.3) is 0 Å². The van der Waals surface area contributed by atoms with Gasteiger partial charge in [-0.15, -0.1) is 0 Å². The number of hydrogen-bond donors (Lipinski definition) is 0. The molecule has 0 aliphatic carbocycles. The van der Waals surface area contributed by atoms with E-state index in [2.05, 4.69) is 9.98 Å². The Bertz CT molecular complexity index is 812. The Morgan fingerprint density at radius 2 is 1.38 bits per heavy atom. The van der Waals surface area contributed by atoms with E-state index in [4.69, 9.17) is 9.47 Å². The van der Waals surface area contributed by atoms with Crippen LogP contribution in [0.25, 0.3) is 0 Å². The molecule has 2 rings (SSSR count). The zero-order chi connectivity index (χ0) is 19.6. The summed E-state index contributed by atoms with van der Waals surface area (Å²) in [7, 11) is 0. The van der Waals surface area contributed by atoms with E-state index in [-0.39, 0.29) is 41.6 Å². The molecule has 29 heavy (non-hydrogen) atoms. The fourth-order valence-electron chi connectivity index (χ4n) is 2.37. The molecule has 0 heterocycles. The van der Waals surface area contributed by atoms with Gasteiger partial charge in [-0.25, -0.2) is 0 Å². The fourth-order valence-corrected chi connectivity index (χ4v) is 2.37. The first kappa shape index (κ1) is 26.5. The van der Waals surface area contributed by atoms with Gasteiger partial charge in [-0.3, -0.25) is 9.98 Å². The van der Waals surface area contributed by atoms with Gasteiger partial charge in [0, 0.05) is 12.4 Å². The van der Waals surface area contributed by atoms with Gasteiger partial charge in [0.15, 0.2) is 0 Å². The zero-order valence-corrected chi connectivity index (χ0v) is 18.1. The molecule has 0 saturated heterocycles. The van der Waals surface area contributed by atoms with E-state index < -0.39 is 0 Å². The molecule has 0 unspecified atom stereocenters. The summed E-state index contributed by atoms with van der Waals surface area (Å²) in [5, 5.41) is 24.4. The monoisotopic (exact) mass is 435 g/mol. The van der Waals surface area contributed by atoms with Crippen LogP contribution in [-0.2, 0) is 24.0 Å². The number of nitrogens with zero attached hydrogens (tertiary/aromatic N) is 2. The van der Waals surface area contributed by atoms with Crippen LogP contribution in [0.2, 0.25) is 0 Å². The topological polar surface area (TPSA) is 118 Å². The van der Waals surface area contributed by atoms with Crippen molar-refractivity contribution in [2.75, 3.05) is 19.8 Å². The largest absolute Gasteiger partial charge is 4.00 e. The molecule has 2 aromatic carbocycles. The van der Waals surface area contributed by atoms with Crippen LogP contribution in [0.1, 0.15) is 31.9 Å². The molecule has 7 nitrogen and oxygen atoms in total. The SMILES string of the molecule is CCOc1cccc(C=NC[C@@H](C)N=Cc2cccc(OCC)c2[O-])c1[O-].[O-2].[V+4]. The number of rotatable bonds is 9. The van der Waals surface area contributed by atoms with Crippen molar-refractivity contribution in [3.63, 3.8) is 0 Å². The summed E-state index contributed by atoms with van der Waals surface area (Å²) in [6.45, 7) is 6.82. The van der Waals surface area contributed by atoms with E-state index in [0.717, 1.165) is 0 Å². The molecule has 0 fully saturated rings. The third-order valence-electron chi connectivity index (χ3n) is 3.69. The van der Waals surface area contributed by atoms with Crippen molar-refractivity contribution in [1.29, 1.82) is 0 Å². The minimum absolute atomic E-state index is 0. The Balaban J connectivity index is 0.00000392. The Kier molecular flexibility index (Phi) is 12.5. The molecule has 0 aromatic heterocycles. The predicted octanol–water partition coefficient (Wildman–Crippen LogP) is 2.44. The van der Waals surface area contributed by atoms with Crippen molar-refractivity contribution in [2.45, 2.75) is 26.8 Å². The van der Waals surface area contributed by atoms with Gasteiger partial charge in [0.05, 0.1) is 25.8 Å². The van der Waals surface area contributed by atoms with Crippen LogP contribution in [-0.4, -0.2) is 38.2 Å². The Hall–Kier alpha value is -2.48. The van der Waals surface area contributed by atoms with E-state index >= 15 is 0 Å². The van der Waals surface area contributed by atoms with Crippen molar-refractivity contribution >= 4 is 12.4 Å². The van der Waals surface area contributed by atoms with Crippen LogP contribution >= 0.6 is 0 Å². The first-order chi connectivity index (χ1) is 13.1. The van der Waals surface area contributed by atoms with Gasteiger partial charge in [0.1, 0.15) is 11.5 Å². The third kappa shape index (κ3) is 7.81. The van der Waals surface area contributed by atoms with Gasteiger partial charge >= 0.3 is 18.6 Å². The van der Waals surface area contributed by atoms with Gasteiger partial charge in [-0.1, -0.05) is 35.8 Å². The summed E-state index contributed by atoms with van der Waals surface area (Å²) in [6, 6.07) is 10.1. The Morgan fingerprint density at radius 3 is 1.86 bits per heavy atom. The number of hydrogen-bond acceptors (Lipinski definition) is 6. The summed E-state index contributed by atoms with van der Waals surface area (Å²) in [4.78, 5) is 8.65. The standard InChI is InChI=1S/C21H26N2O4.O.V/c1-4-26-18-10-6-8-16(20(18)24)13-22-12-15(3)23-14-17-9-7-11-19(21(17)25)27-5-2;;/h6-11,13-15,24-25H,4-5,12H2,1-3H3;;/q;-2;+4/p-2/t15-;;/m1../s1. The molecule has 0 saturated carbocycles. The van der Waals surface area contributed by atoms with E-state index in [1.807, 2.05) is 20.8 Å². The molecule has 8 heteroatoms. The van der Waals surface area contributed by atoms with Gasteiger partial charge in [0.2, 0.25) is 0 Å². The average molecular weight is 435 g/mol. The molecule has 1 radical (unpaired) electrons. The summed E-state index contributed by atoms with van der Waals surface area (Å²) in [5.74, 6) is 0.291. The summed E-state index contributed by atoms with van der Waals surface area (Å²) in [5.41, 5.74) is 0.950. The first-order valence-corrected chi connectivity index (χ1v) is 8.95. The normalized spacial score (nSPS) is 11.7. The molecule has 2 aromatic rings. The van der Waals surface area contributed by atoms with Crippen molar-refractivity contribution in [1.82, 2.24) is 0 Å². The molecule has 0 spiro atoms. The maximum atomic E-state index is 12.2. The summed E-state index contributed by atoms with van der Waals surface area (Å²) in [6.07, 6.45) is 3.07. The first-order valence-electron chi connectivity index (χ1n) is 8.95. The van der Waals surface area contributed by atoms with Crippen LogP contribution in [0.5, 0.6) is 23.0 Å². The molecule has 0 aliphatic rings. The minimum Gasteiger partial charge on any atom is -2.00 e. The van der Waals surface area contributed by atoms with Crippen LogP contribution in [0.15, 0.2) is 46.4 Å². The summed E-state index contributed by atoms with van der Waals surface area (Å²) < 4.78 is 10.6. The number of benzene rings is 2. The van der Waals surface area contributed by atoms with Crippen molar-refractivity contribution in [2.24, 2.45) is 9.98 Å². The molecule has 0 amide bonds. The average Bonchev–Trinajstić information content (AvgIpc) is 2.66. The van der Waals surface area contributed by atoms with E-state index in [9.17, 15) is 10.2 Å². The van der Waals surface area contributed by atoms with Crippen molar-refractivity contribution in [3.8, 4) is 23.0 Å².